The van der Waals surface area contributed by atoms with Crippen LogP contribution in [-0.4, -0.2) is 22.4 Å². The molecule has 0 fully saturated rings. The van der Waals surface area contributed by atoms with Gasteiger partial charge in [0.25, 0.3) is 5.56 Å². The molecule has 0 radical (unpaired) electrons. The third-order valence-electron chi connectivity index (χ3n) is 2.00. The summed E-state index contributed by atoms with van der Waals surface area (Å²) in [6, 6.07) is 0. The quantitative estimate of drug-likeness (QED) is 0.836. The van der Waals surface area contributed by atoms with Gasteiger partial charge in [0.2, 0.25) is 0 Å². The lowest BCUT2D eigenvalue weighted by molar-refractivity contribution is -0.275. The van der Waals surface area contributed by atoms with Gasteiger partial charge >= 0.3 is 18.5 Å². The molecule has 0 aliphatic carbocycles. The molecule has 0 spiro atoms. The minimum absolute atomic E-state index is 0.226. The largest absolute Gasteiger partial charge is 0.573 e. The van der Waals surface area contributed by atoms with Gasteiger partial charge < -0.3 is 14.8 Å². The molecule has 0 saturated carbocycles. The van der Waals surface area contributed by atoms with Crippen molar-refractivity contribution in [1.82, 2.24) is 4.98 Å². The number of hydrogen-bond donors (Lipinski definition) is 2. The van der Waals surface area contributed by atoms with Crippen molar-refractivity contribution in [3.8, 4) is 5.75 Å². The summed E-state index contributed by atoms with van der Waals surface area (Å²) in [5.74, 6) is -3.28. The van der Waals surface area contributed by atoms with Gasteiger partial charge in [-0.05, 0) is 0 Å². The fourth-order valence-electron chi connectivity index (χ4n) is 1.39. The van der Waals surface area contributed by atoms with Gasteiger partial charge in [-0.1, -0.05) is 0 Å². The normalized spacial score (nSPS) is 12.3. The summed E-state index contributed by atoms with van der Waals surface area (Å²) in [5, 5.41) is 8.45. The second-order valence-electron chi connectivity index (χ2n) is 3.45. The zero-order valence-corrected chi connectivity index (χ0v) is 9.22. The number of carbonyl (C=O) groups is 1. The molecule has 0 bridgehead atoms. The van der Waals surface area contributed by atoms with E-state index in [4.69, 9.17) is 5.11 Å². The first-order chi connectivity index (χ1) is 8.92. The molecule has 20 heavy (non-hydrogen) atoms. The number of carboxylic acids is 1. The number of hydrogen-bond acceptors (Lipinski definition) is 3. The van der Waals surface area contributed by atoms with E-state index < -0.39 is 47.4 Å². The van der Waals surface area contributed by atoms with Crippen LogP contribution in [0.2, 0.25) is 0 Å². The van der Waals surface area contributed by atoms with Gasteiger partial charge in [-0.2, -0.15) is 13.2 Å². The number of rotatable bonds is 3. The molecule has 0 amide bonds. The molecule has 1 aromatic rings. The topological polar surface area (TPSA) is 79.4 Å². The highest BCUT2D eigenvalue weighted by molar-refractivity contribution is 5.72. The van der Waals surface area contributed by atoms with Crippen LogP contribution >= 0.6 is 0 Å². The first kappa shape index (κ1) is 15.9. The van der Waals surface area contributed by atoms with Crippen LogP contribution in [-0.2, 0) is 17.4 Å². The summed E-state index contributed by atoms with van der Waals surface area (Å²) < 4.78 is 77.3. The maximum absolute atomic E-state index is 12.6. The molecule has 0 aliphatic heterocycles. The number of halogens is 6. The van der Waals surface area contributed by atoms with Crippen molar-refractivity contribution >= 4 is 5.97 Å². The van der Waals surface area contributed by atoms with E-state index in [1.165, 1.54) is 4.98 Å². The van der Waals surface area contributed by atoms with E-state index in [9.17, 15) is 35.9 Å². The van der Waals surface area contributed by atoms with Gasteiger partial charge in [-0.25, -0.2) is 0 Å². The van der Waals surface area contributed by atoms with Gasteiger partial charge in [0.15, 0.2) is 0 Å². The van der Waals surface area contributed by atoms with Crippen molar-refractivity contribution < 1.29 is 41.0 Å². The molecule has 0 saturated heterocycles. The summed E-state index contributed by atoms with van der Waals surface area (Å²) in [6.07, 6.45) is -11.9. The first-order valence-electron chi connectivity index (χ1n) is 4.71. The van der Waals surface area contributed by atoms with Crippen LogP contribution in [0.4, 0.5) is 26.3 Å². The number of alkyl halides is 6. The lowest BCUT2D eigenvalue weighted by Crippen LogP contribution is -2.28. The summed E-state index contributed by atoms with van der Waals surface area (Å²) >= 11 is 0. The molecule has 2 N–H and O–H groups in total. The number of aliphatic carboxylic acids is 1. The highest BCUT2D eigenvalue weighted by Crippen LogP contribution is 2.35. The second kappa shape index (κ2) is 5.06. The molecule has 1 rings (SSSR count). The summed E-state index contributed by atoms with van der Waals surface area (Å²) in [5.41, 5.74) is -5.20. The Morgan fingerprint density at radius 2 is 1.80 bits per heavy atom. The van der Waals surface area contributed by atoms with Gasteiger partial charge in [0.05, 0.1) is 6.42 Å². The summed E-state index contributed by atoms with van der Waals surface area (Å²) in [7, 11) is 0. The highest BCUT2D eigenvalue weighted by atomic mass is 19.4. The standard InChI is InChI=1S/C9H5F6NO4/c10-8(11,12)6-3(1-5(17)18)4(2-16-7(6)19)20-9(13,14)15/h2H,1H2,(H,16,19)(H,17,18). The Labute approximate surface area is 105 Å². The van der Waals surface area contributed by atoms with E-state index in [0.29, 0.717) is 0 Å². The molecule has 0 aliphatic rings. The fourth-order valence-corrected chi connectivity index (χ4v) is 1.39. The zero-order valence-electron chi connectivity index (χ0n) is 9.22. The van der Waals surface area contributed by atoms with E-state index >= 15 is 0 Å². The van der Waals surface area contributed by atoms with Crippen LogP contribution < -0.4 is 10.3 Å². The van der Waals surface area contributed by atoms with Crippen LogP contribution in [0.3, 0.4) is 0 Å². The third kappa shape index (κ3) is 3.90. The monoisotopic (exact) mass is 305 g/mol. The second-order valence-corrected chi connectivity index (χ2v) is 3.45. The van der Waals surface area contributed by atoms with E-state index in [2.05, 4.69) is 4.74 Å². The Morgan fingerprint density at radius 3 is 2.20 bits per heavy atom. The molecule has 0 atom stereocenters. The lowest BCUT2D eigenvalue weighted by Gasteiger charge is -2.16. The van der Waals surface area contributed by atoms with E-state index in [0.717, 1.165) is 0 Å². The number of nitrogens with one attached hydrogen (secondary N) is 1. The Hall–Kier alpha value is -2.20. The van der Waals surface area contributed by atoms with Gasteiger partial charge in [0.1, 0.15) is 11.3 Å². The van der Waals surface area contributed by atoms with Gasteiger partial charge in [-0.3, -0.25) is 9.59 Å². The number of H-pyrrole nitrogens is 1. The van der Waals surface area contributed by atoms with Crippen molar-refractivity contribution in [3.05, 3.63) is 27.7 Å². The summed E-state index contributed by atoms with van der Waals surface area (Å²) in [4.78, 5) is 23.0. The van der Waals surface area contributed by atoms with Crippen molar-refractivity contribution in [3.63, 3.8) is 0 Å². The van der Waals surface area contributed by atoms with Crippen molar-refractivity contribution in [1.29, 1.82) is 0 Å². The first-order valence-corrected chi connectivity index (χ1v) is 4.71. The van der Waals surface area contributed by atoms with Crippen molar-refractivity contribution in [2.75, 3.05) is 0 Å². The van der Waals surface area contributed by atoms with E-state index in [1.807, 2.05) is 0 Å². The average molecular weight is 305 g/mol. The molecule has 1 aromatic heterocycles. The average Bonchev–Trinajstić information content (AvgIpc) is 2.17. The highest BCUT2D eigenvalue weighted by Gasteiger charge is 2.41. The molecule has 112 valence electrons. The van der Waals surface area contributed by atoms with Gasteiger partial charge in [0, 0.05) is 11.8 Å². The smallest absolute Gasteiger partial charge is 0.481 e. The molecule has 11 heteroatoms. The molecule has 0 unspecified atom stereocenters. The number of aromatic nitrogens is 1. The number of pyridine rings is 1. The van der Waals surface area contributed by atoms with E-state index in [1.54, 1.807) is 0 Å². The SMILES string of the molecule is O=C(O)Cc1c(OC(F)(F)F)c[nH]c(=O)c1C(F)(F)F. The van der Waals surface area contributed by atoms with Crippen LogP contribution in [0.25, 0.3) is 0 Å². The molecule has 0 aromatic carbocycles. The van der Waals surface area contributed by atoms with Crippen LogP contribution in [0, 0.1) is 0 Å². The Balaban J connectivity index is 3.53. The molecule has 5 nitrogen and oxygen atoms in total. The fraction of sp³-hybridized carbons (Fsp3) is 0.333. The molecule has 1 heterocycles. The number of carboxylic acid groups (broad SMARTS) is 1. The minimum Gasteiger partial charge on any atom is -0.481 e. The summed E-state index contributed by atoms with van der Waals surface area (Å²) in [6.45, 7) is 0. The van der Waals surface area contributed by atoms with Crippen molar-refractivity contribution in [2.45, 2.75) is 19.0 Å². The third-order valence-corrected chi connectivity index (χ3v) is 2.00. The maximum Gasteiger partial charge on any atom is 0.573 e. The van der Waals surface area contributed by atoms with E-state index in [-0.39, 0.29) is 6.20 Å². The van der Waals surface area contributed by atoms with Crippen molar-refractivity contribution in [2.24, 2.45) is 0 Å². The Kier molecular flexibility index (Phi) is 4.01. The zero-order chi connectivity index (χ0) is 15.7. The number of ether oxygens (including phenoxy) is 1. The lowest BCUT2D eigenvalue weighted by atomic mass is 10.1. The van der Waals surface area contributed by atoms with Gasteiger partial charge in [-0.15, -0.1) is 13.2 Å². The number of aromatic amines is 1. The maximum atomic E-state index is 12.6. The molecular weight excluding hydrogens is 300 g/mol. The molecular formula is C9H5F6NO4. The van der Waals surface area contributed by atoms with Crippen LogP contribution in [0.5, 0.6) is 5.75 Å². The predicted molar refractivity (Wildman–Crippen MR) is 50.1 cm³/mol. The van der Waals surface area contributed by atoms with Crippen LogP contribution in [0.1, 0.15) is 11.1 Å². The Bertz CT molecular complexity index is 573. The van der Waals surface area contributed by atoms with Crippen LogP contribution in [0.15, 0.2) is 11.0 Å². The Morgan fingerprint density at radius 1 is 1.25 bits per heavy atom. The predicted octanol–water partition coefficient (Wildman–Crippen LogP) is 1.92. The minimum atomic E-state index is -5.34.